The summed E-state index contributed by atoms with van der Waals surface area (Å²) in [6, 6.07) is 7.92. The van der Waals surface area contributed by atoms with Crippen LogP contribution in [0.1, 0.15) is 25.1 Å². The Balaban J connectivity index is 1.83. The summed E-state index contributed by atoms with van der Waals surface area (Å²) in [5.74, 6) is 0.297. The molecule has 0 aliphatic carbocycles. The van der Waals surface area contributed by atoms with Gasteiger partial charge in [0.1, 0.15) is 12.2 Å². The summed E-state index contributed by atoms with van der Waals surface area (Å²) >= 11 is 6.08. The quantitative estimate of drug-likeness (QED) is 0.396. The van der Waals surface area contributed by atoms with Crippen molar-refractivity contribution in [1.29, 1.82) is 0 Å². The minimum absolute atomic E-state index is 0.00590. The predicted molar refractivity (Wildman–Crippen MR) is 109 cm³/mol. The van der Waals surface area contributed by atoms with Gasteiger partial charge in [0.2, 0.25) is 0 Å². The third-order valence-corrected chi connectivity index (χ3v) is 4.31. The molecule has 0 saturated carbocycles. The average molecular weight is 407 g/mol. The number of halogens is 1. The minimum atomic E-state index is -0.371. The van der Waals surface area contributed by atoms with E-state index in [1.807, 2.05) is 18.2 Å². The lowest BCUT2D eigenvalue weighted by atomic mass is 9.86. The molecule has 0 spiro atoms. The molecule has 1 aromatic heterocycles. The number of aromatic nitrogens is 3. The predicted octanol–water partition coefficient (Wildman–Crippen LogP) is 2.04. The Labute approximate surface area is 170 Å². The van der Waals surface area contributed by atoms with Crippen molar-refractivity contribution in [3.05, 3.63) is 46.7 Å². The average Bonchev–Trinajstić information content (AvgIpc) is 3.08. The van der Waals surface area contributed by atoms with E-state index >= 15 is 0 Å². The summed E-state index contributed by atoms with van der Waals surface area (Å²) < 4.78 is 6.05. The zero-order chi connectivity index (χ0) is 20.6. The van der Waals surface area contributed by atoms with Crippen LogP contribution in [0, 0.1) is 5.41 Å². The SMILES string of the molecule is CN=C(NCc1cn(CC(=O)OC)nn1)NCC(C)(C)Cc1cccc(Cl)c1. The molecular weight excluding hydrogens is 380 g/mol. The van der Waals surface area contributed by atoms with Crippen molar-refractivity contribution in [1.82, 2.24) is 25.6 Å². The molecule has 2 N–H and O–H groups in total. The fraction of sp³-hybridized carbons (Fsp3) is 0.474. The molecule has 0 atom stereocenters. The third kappa shape index (κ3) is 7.19. The normalized spacial score (nSPS) is 12.0. The molecule has 0 bridgehead atoms. The topological polar surface area (TPSA) is 93.4 Å². The Morgan fingerprint density at radius 3 is 2.82 bits per heavy atom. The van der Waals surface area contributed by atoms with E-state index in [9.17, 15) is 4.79 Å². The molecule has 0 fully saturated rings. The summed E-state index contributed by atoms with van der Waals surface area (Å²) in [4.78, 5) is 15.5. The molecule has 2 aromatic rings. The van der Waals surface area contributed by atoms with Gasteiger partial charge in [-0.05, 0) is 29.5 Å². The van der Waals surface area contributed by atoms with Crippen LogP contribution in [0.25, 0.3) is 0 Å². The van der Waals surface area contributed by atoms with Crippen LogP contribution in [-0.2, 0) is 29.0 Å². The van der Waals surface area contributed by atoms with Crippen LogP contribution in [0.5, 0.6) is 0 Å². The van der Waals surface area contributed by atoms with Crippen LogP contribution in [0.15, 0.2) is 35.5 Å². The van der Waals surface area contributed by atoms with E-state index in [-0.39, 0.29) is 17.9 Å². The highest BCUT2D eigenvalue weighted by molar-refractivity contribution is 6.30. The van der Waals surface area contributed by atoms with E-state index in [4.69, 9.17) is 11.6 Å². The first kappa shape index (κ1) is 21.7. The van der Waals surface area contributed by atoms with E-state index < -0.39 is 0 Å². The first-order valence-corrected chi connectivity index (χ1v) is 9.34. The number of nitrogens with zero attached hydrogens (tertiary/aromatic N) is 4. The molecule has 1 aromatic carbocycles. The Morgan fingerprint density at radius 1 is 1.36 bits per heavy atom. The van der Waals surface area contributed by atoms with Gasteiger partial charge in [-0.2, -0.15) is 0 Å². The standard InChI is InChI=1S/C19H27ClN6O2/c1-19(2,9-14-6-5-7-15(20)8-14)13-23-18(21-3)22-10-16-11-26(25-24-16)12-17(27)28-4/h5-8,11H,9-10,12-13H2,1-4H3,(H2,21,22,23). The molecule has 8 nitrogen and oxygen atoms in total. The number of ether oxygens (including phenoxy) is 1. The molecule has 9 heteroatoms. The van der Waals surface area contributed by atoms with Crippen molar-refractivity contribution in [2.75, 3.05) is 20.7 Å². The summed E-state index contributed by atoms with van der Waals surface area (Å²) in [5.41, 5.74) is 1.90. The van der Waals surface area contributed by atoms with Crippen LogP contribution < -0.4 is 10.6 Å². The van der Waals surface area contributed by atoms with Gasteiger partial charge >= 0.3 is 5.97 Å². The highest BCUT2D eigenvalue weighted by atomic mass is 35.5. The van der Waals surface area contributed by atoms with Crippen molar-refractivity contribution >= 4 is 23.5 Å². The zero-order valence-corrected chi connectivity index (χ0v) is 17.5. The molecule has 0 amide bonds. The van der Waals surface area contributed by atoms with Crippen LogP contribution in [0.2, 0.25) is 5.02 Å². The summed E-state index contributed by atoms with van der Waals surface area (Å²) in [6.07, 6.45) is 2.58. The number of carbonyl (C=O) groups excluding carboxylic acids is 1. The van der Waals surface area contributed by atoms with E-state index in [1.54, 1.807) is 13.2 Å². The second-order valence-electron chi connectivity index (χ2n) is 7.23. The van der Waals surface area contributed by atoms with E-state index in [0.29, 0.717) is 18.2 Å². The number of guanidine groups is 1. The maximum atomic E-state index is 11.3. The Hall–Kier alpha value is -2.61. The van der Waals surface area contributed by atoms with Gasteiger partial charge in [0.15, 0.2) is 5.96 Å². The number of esters is 1. The highest BCUT2D eigenvalue weighted by Crippen LogP contribution is 2.22. The smallest absolute Gasteiger partial charge is 0.327 e. The molecule has 0 radical (unpaired) electrons. The molecule has 152 valence electrons. The lowest BCUT2D eigenvalue weighted by molar-refractivity contribution is -0.141. The van der Waals surface area contributed by atoms with Gasteiger partial charge < -0.3 is 15.4 Å². The first-order valence-electron chi connectivity index (χ1n) is 8.96. The monoisotopic (exact) mass is 406 g/mol. The largest absolute Gasteiger partial charge is 0.468 e. The molecule has 0 unspecified atom stereocenters. The van der Waals surface area contributed by atoms with Gasteiger partial charge in [0, 0.05) is 18.6 Å². The number of aliphatic imine (C=N–C) groups is 1. The second kappa shape index (κ2) is 10.1. The van der Waals surface area contributed by atoms with Crippen LogP contribution in [0.3, 0.4) is 0 Å². The molecule has 28 heavy (non-hydrogen) atoms. The third-order valence-electron chi connectivity index (χ3n) is 4.07. The van der Waals surface area contributed by atoms with Crippen LogP contribution in [-0.4, -0.2) is 47.6 Å². The van der Waals surface area contributed by atoms with Gasteiger partial charge in [0.05, 0.1) is 19.9 Å². The van der Waals surface area contributed by atoms with Gasteiger partial charge in [-0.3, -0.25) is 9.79 Å². The lowest BCUT2D eigenvalue weighted by Crippen LogP contribution is -2.42. The van der Waals surface area contributed by atoms with Gasteiger partial charge in [0.25, 0.3) is 0 Å². The number of rotatable bonds is 8. The number of methoxy groups -OCH3 is 1. The minimum Gasteiger partial charge on any atom is -0.468 e. The van der Waals surface area contributed by atoms with Gasteiger partial charge in [-0.1, -0.05) is 42.8 Å². The number of hydrogen-bond donors (Lipinski definition) is 2. The maximum Gasteiger partial charge on any atom is 0.327 e. The summed E-state index contributed by atoms with van der Waals surface area (Å²) in [5, 5.41) is 15.2. The molecule has 2 rings (SSSR count). The molecule has 0 saturated heterocycles. The van der Waals surface area contributed by atoms with Crippen molar-refractivity contribution in [2.45, 2.75) is 33.4 Å². The summed E-state index contributed by atoms with van der Waals surface area (Å²) in [7, 11) is 3.05. The molecular formula is C19H27ClN6O2. The van der Waals surface area contributed by atoms with Crippen molar-refractivity contribution < 1.29 is 9.53 Å². The van der Waals surface area contributed by atoms with Crippen molar-refractivity contribution in [3.8, 4) is 0 Å². The van der Waals surface area contributed by atoms with Gasteiger partial charge in [-0.25, -0.2) is 4.68 Å². The fourth-order valence-electron chi connectivity index (χ4n) is 2.67. The number of hydrogen-bond acceptors (Lipinski definition) is 5. The lowest BCUT2D eigenvalue weighted by Gasteiger charge is -2.26. The Kier molecular flexibility index (Phi) is 7.80. The van der Waals surface area contributed by atoms with Crippen molar-refractivity contribution in [3.63, 3.8) is 0 Å². The summed E-state index contributed by atoms with van der Waals surface area (Å²) in [6.45, 7) is 5.58. The maximum absolute atomic E-state index is 11.3. The van der Waals surface area contributed by atoms with E-state index in [0.717, 1.165) is 18.0 Å². The molecule has 0 aliphatic heterocycles. The highest BCUT2D eigenvalue weighted by Gasteiger charge is 2.19. The molecule has 0 aliphatic rings. The number of nitrogens with one attached hydrogen (secondary N) is 2. The van der Waals surface area contributed by atoms with Crippen LogP contribution >= 0.6 is 11.6 Å². The first-order chi connectivity index (χ1) is 13.3. The van der Waals surface area contributed by atoms with E-state index in [2.05, 4.69) is 50.6 Å². The Bertz CT molecular complexity index is 818. The Morgan fingerprint density at radius 2 is 2.14 bits per heavy atom. The van der Waals surface area contributed by atoms with E-state index in [1.165, 1.54) is 17.4 Å². The molecule has 1 heterocycles. The van der Waals surface area contributed by atoms with Crippen molar-refractivity contribution in [2.24, 2.45) is 10.4 Å². The van der Waals surface area contributed by atoms with Gasteiger partial charge in [-0.15, -0.1) is 5.10 Å². The zero-order valence-electron chi connectivity index (χ0n) is 16.7. The second-order valence-corrected chi connectivity index (χ2v) is 7.67. The van der Waals surface area contributed by atoms with Crippen LogP contribution in [0.4, 0.5) is 0 Å². The fourth-order valence-corrected chi connectivity index (χ4v) is 2.89. The number of carbonyl (C=O) groups is 1. The number of benzene rings is 1.